The maximum Gasteiger partial charge on any atom is 0.407 e. The van der Waals surface area contributed by atoms with Crippen LogP contribution < -0.4 is 5.32 Å². The summed E-state index contributed by atoms with van der Waals surface area (Å²) >= 11 is 0. The van der Waals surface area contributed by atoms with Gasteiger partial charge in [0.15, 0.2) is 0 Å². The normalized spacial score (nSPS) is 22.1. The van der Waals surface area contributed by atoms with Crippen molar-refractivity contribution in [2.45, 2.75) is 32.8 Å². The van der Waals surface area contributed by atoms with Crippen molar-refractivity contribution in [1.29, 1.82) is 0 Å². The zero-order chi connectivity index (χ0) is 10.6. The van der Waals surface area contributed by atoms with Crippen molar-refractivity contribution in [3.63, 3.8) is 0 Å². The summed E-state index contributed by atoms with van der Waals surface area (Å²) in [6.07, 6.45) is 0.680. The highest BCUT2D eigenvalue weighted by Crippen LogP contribution is 2.11. The third-order valence-corrected chi connectivity index (χ3v) is 1.96. The van der Waals surface area contributed by atoms with Crippen LogP contribution in [0.2, 0.25) is 0 Å². The van der Waals surface area contributed by atoms with E-state index in [1.807, 2.05) is 20.8 Å². The first-order valence-electron chi connectivity index (χ1n) is 5.02. The van der Waals surface area contributed by atoms with E-state index < -0.39 is 5.60 Å². The molecule has 82 valence electrons. The lowest BCUT2D eigenvalue weighted by molar-refractivity contribution is 0.0518. The Morgan fingerprint density at radius 1 is 1.57 bits per heavy atom. The van der Waals surface area contributed by atoms with Gasteiger partial charge in [-0.1, -0.05) is 0 Å². The summed E-state index contributed by atoms with van der Waals surface area (Å²) in [5.74, 6) is 0.447. The molecule has 0 aliphatic carbocycles. The van der Waals surface area contributed by atoms with Crippen molar-refractivity contribution < 1.29 is 14.3 Å². The fourth-order valence-corrected chi connectivity index (χ4v) is 1.29. The molecule has 1 unspecified atom stereocenters. The van der Waals surface area contributed by atoms with Gasteiger partial charge in [-0.05, 0) is 27.2 Å². The van der Waals surface area contributed by atoms with E-state index in [1.54, 1.807) is 0 Å². The van der Waals surface area contributed by atoms with E-state index in [2.05, 4.69) is 5.32 Å². The van der Waals surface area contributed by atoms with Crippen LogP contribution in [0.3, 0.4) is 0 Å². The highest BCUT2D eigenvalue weighted by Gasteiger charge is 2.19. The van der Waals surface area contributed by atoms with Gasteiger partial charge >= 0.3 is 6.09 Å². The molecule has 1 rings (SSSR count). The van der Waals surface area contributed by atoms with E-state index in [-0.39, 0.29) is 6.09 Å². The summed E-state index contributed by atoms with van der Waals surface area (Å²) in [6, 6.07) is 0. The van der Waals surface area contributed by atoms with Crippen LogP contribution in [0.1, 0.15) is 27.2 Å². The van der Waals surface area contributed by atoms with Crippen molar-refractivity contribution in [1.82, 2.24) is 5.32 Å². The molecular weight excluding hydrogens is 182 g/mol. The number of carbonyl (C=O) groups is 1. The van der Waals surface area contributed by atoms with Crippen molar-refractivity contribution in [3.8, 4) is 0 Å². The standard InChI is InChI=1S/C10H19NO3/c1-10(2,3)14-9(12)11-6-8-4-5-13-7-8/h8H,4-7H2,1-3H3,(H,11,12). The summed E-state index contributed by atoms with van der Waals surface area (Å²) in [4.78, 5) is 11.2. The van der Waals surface area contributed by atoms with Gasteiger partial charge < -0.3 is 14.8 Å². The highest BCUT2D eigenvalue weighted by atomic mass is 16.6. The maximum atomic E-state index is 11.2. The number of nitrogens with one attached hydrogen (secondary N) is 1. The molecule has 0 spiro atoms. The first-order valence-corrected chi connectivity index (χ1v) is 5.02. The van der Waals surface area contributed by atoms with Gasteiger partial charge in [-0.15, -0.1) is 0 Å². The van der Waals surface area contributed by atoms with E-state index in [1.165, 1.54) is 0 Å². The van der Waals surface area contributed by atoms with Gasteiger partial charge in [0.05, 0.1) is 6.61 Å². The zero-order valence-corrected chi connectivity index (χ0v) is 9.13. The lowest BCUT2D eigenvalue weighted by atomic mass is 10.1. The number of hydrogen-bond acceptors (Lipinski definition) is 3. The largest absolute Gasteiger partial charge is 0.444 e. The quantitative estimate of drug-likeness (QED) is 0.737. The van der Waals surface area contributed by atoms with Gasteiger partial charge in [0.2, 0.25) is 0 Å². The van der Waals surface area contributed by atoms with Gasteiger partial charge in [-0.3, -0.25) is 0 Å². The first kappa shape index (κ1) is 11.3. The van der Waals surface area contributed by atoms with Crippen LogP contribution in [-0.4, -0.2) is 31.5 Å². The SMILES string of the molecule is CC(C)(C)OC(=O)NCC1CCOC1. The molecule has 1 heterocycles. The van der Waals surface area contributed by atoms with E-state index in [0.717, 1.165) is 19.6 Å². The van der Waals surface area contributed by atoms with Crippen molar-refractivity contribution in [2.75, 3.05) is 19.8 Å². The molecule has 1 amide bonds. The van der Waals surface area contributed by atoms with Gasteiger partial charge in [-0.25, -0.2) is 4.79 Å². The molecule has 0 bridgehead atoms. The summed E-state index contributed by atoms with van der Waals surface area (Å²) in [5, 5.41) is 2.74. The van der Waals surface area contributed by atoms with Gasteiger partial charge in [0.25, 0.3) is 0 Å². The topological polar surface area (TPSA) is 47.6 Å². The number of ether oxygens (including phenoxy) is 2. The lowest BCUT2D eigenvalue weighted by Gasteiger charge is -2.20. The zero-order valence-electron chi connectivity index (χ0n) is 9.13. The fraction of sp³-hybridized carbons (Fsp3) is 0.900. The van der Waals surface area contributed by atoms with Gasteiger partial charge in [0, 0.05) is 19.1 Å². The molecule has 0 aromatic heterocycles. The molecule has 1 aliphatic rings. The number of carbonyl (C=O) groups excluding carboxylic acids is 1. The first-order chi connectivity index (χ1) is 6.47. The van der Waals surface area contributed by atoms with Crippen molar-refractivity contribution in [2.24, 2.45) is 5.92 Å². The van der Waals surface area contributed by atoms with E-state index in [4.69, 9.17) is 9.47 Å². The third-order valence-electron chi connectivity index (χ3n) is 1.96. The number of hydrogen-bond donors (Lipinski definition) is 1. The predicted molar refractivity (Wildman–Crippen MR) is 53.2 cm³/mol. The minimum Gasteiger partial charge on any atom is -0.444 e. The van der Waals surface area contributed by atoms with Crippen LogP contribution in [0.25, 0.3) is 0 Å². The second-order valence-corrected chi connectivity index (χ2v) is 4.61. The van der Waals surface area contributed by atoms with Crippen LogP contribution >= 0.6 is 0 Å². The molecule has 1 N–H and O–H groups in total. The second kappa shape index (κ2) is 4.64. The average molecular weight is 201 g/mol. The molecule has 4 heteroatoms. The summed E-state index contributed by atoms with van der Waals surface area (Å²) in [6.45, 7) is 7.76. The molecular formula is C10H19NO3. The Labute approximate surface area is 85.0 Å². The smallest absolute Gasteiger partial charge is 0.407 e. The van der Waals surface area contributed by atoms with Crippen LogP contribution in [0.5, 0.6) is 0 Å². The molecule has 0 saturated carbocycles. The Bertz CT molecular complexity index is 192. The lowest BCUT2D eigenvalue weighted by Crippen LogP contribution is -2.35. The summed E-state index contributed by atoms with van der Waals surface area (Å²) in [7, 11) is 0. The molecule has 14 heavy (non-hydrogen) atoms. The molecule has 1 aliphatic heterocycles. The number of amides is 1. The maximum absolute atomic E-state index is 11.2. The molecule has 0 radical (unpaired) electrons. The molecule has 1 saturated heterocycles. The summed E-state index contributed by atoms with van der Waals surface area (Å²) < 4.78 is 10.3. The molecule has 0 aromatic rings. The Morgan fingerprint density at radius 2 is 2.29 bits per heavy atom. The number of rotatable bonds is 2. The van der Waals surface area contributed by atoms with Crippen molar-refractivity contribution >= 4 is 6.09 Å². The second-order valence-electron chi connectivity index (χ2n) is 4.61. The Kier molecular flexibility index (Phi) is 3.75. The molecule has 0 aromatic carbocycles. The Morgan fingerprint density at radius 3 is 2.79 bits per heavy atom. The van der Waals surface area contributed by atoms with E-state index >= 15 is 0 Å². The highest BCUT2D eigenvalue weighted by molar-refractivity contribution is 5.67. The minimum atomic E-state index is -0.420. The Hall–Kier alpha value is -0.770. The molecule has 4 nitrogen and oxygen atoms in total. The van der Waals surface area contributed by atoms with Crippen LogP contribution in [0, 0.1) is 5.92 Å². The van der Waals surface area contributed by atoms with Crippen molar-refractivity contribution in [3.05, 3.63) is 0 Å². The van der Waals surface area contributed by atoms with Gasteiger partial charge in [0.1, 0.15) is 5.60 Å². The monoisotopic (exact) mass is 201 g/mol. The Balaban J connectivity index is 2.14. The molecule has 1 fully saturated rings. The average Bonchev–Trinajstić information content (AvgIpc) is 2.49. The van der Waals surface area contributed by atoms with E-state index in [0.29, 0.717) is 12.5 Å². The molecule has 1 atom stereocenters. The van der Waals surface area contributed by atoms with Gasteiger partial charge in [-0.2, -0.15) is 0 Å². The van der Waals surface area contributed by atoms with E-state index in [9.17, 15) is 4.79 Å². The van der Waals surface area contributed by atoms with Crippen LogP contribution in [0.4, 0.5) is 4.79 Å². The third kappa shape index (κ3) is 4.46. The number of alkyl carbamates (subject to hydrolysis) is 1. The minimum absolute atomic E-state index is 0.343. The predicted octanol–water partition coefficient (Wildman–Crippen LogP) is 1.55. The summed E-state index contributed by atoms with van der Waals surface area (Å²) in [5.41, 5.74) is -0.420. The van der Waals surface area contributed by atoms with Crippen LogP contribution in [0.15, 0.2) is 0 Å². The van der Waals surface area contributed by atoms with Crippen LogP contribution in [-0.2, 0) is 9.47 Å². The fourth-order valence-electron chi connectivity index (χ4n) is 1.29.